The maximum Gasteiger partial charge on any atom is 0.274 e. The van der Waals surface area contributed by atoms with Crippen LogP contribution in [-0.4, -0.2) is 51.7 Å². The molecule has 0 spiro atoms. The maximum absolute atomic E-state index is 12.6. The Morgan fingerprint density at radius 1 is 1.27 bits per heavy atom. The first-order valence-corrected chi connectivity index (χ1v) is 10.1. The number of ether oxygens (including phenoxy) is 1. The minimum Gasteiger partial charge on any atom is -0.375 e. The van der Waals surface area contributed by atoms with E-state index in [1.807, 2.05) is 50.2 Å². The molecule has 156 valence electrons. The molecule has 2 aromatic heterocycles. The first-order chi connectivity index (χ1) is 14.5. The summed E-state index contributed by atoms with van der Waals surface area (Å²) in [5.74, 6) is 0.676. The summed E-state index contributed by atoms with van der Waals surface area (Å²) in [6, 6.07) is 11.9. The van der Waals surface area contributed by atoms with Crippen LogP contribution in [0.1, 0.15) is 34.2 Å². The van der Waals surface area contributed by atoms with Gasteiger partial charge in [-0.25, -0.2) is 9.67 Å². The molecule has 0 saturated carbocycles. The van der Waals surface area contributed by atoms with Gasteiger partial charge in [0.1, 0.15) is 5.82 Å². The number of hydrogen-bond acceptors (Lipinski definition) is 6. The molecular weight excluding hydrogens is 380 g/mol. The van der Waals surface area contributed by atoms with Crippen LogP contribution in [0.3, 0.4) is 0 Å². The Hall–Kier alpha value is -3.26. The van der Waals surface area contributed by atoms with Crippen LogP contribution < -0.4 is 10.2 Å². The fourth-order valence-corrected chi connectivity index (χ4v) is 3.54. The van der Waals surface area contributed by atoms with Gasteiger partial charge in [0.05, 0.1) is 24.1 Å². The Kier molecular flexibility index (Phi) is 5.76. The van der Waals surface area contributed by atoms with Crippen molar-refractivity contribution in [1.29, 1.82) is 0 Å². The monoisotopic (exact) mass is 406 g/mol. The highest BCUT2D eigenvalue weighted by Gasteiger charge is 2.19. The van der Waals surface area contributed by atoms with Crippen LogP contribution in [0.15, 0.2) is 42.6 Å². The number of carbonyl (C=O) groups excluding carboxylic acids is 1. The van der Waals surface area contributed by atoms with Gasteiger partial charge < -0.3 is 15.0 Å². The second-order valence-corrected chi connectivity index (χ2v) is 7.61. The van der Waals surface area contributed by atoms with Crippen molar-refractivity contribution in [1.82, 2.24) is 25.3 Å². The third-order valence-corrected chi connectivity index (χ3v) is 5.18. The van der Waals surface area contributed by atoms with Gasteiger partial charge in [-0.05, 0) is 50.1 Å². The zero-order valence-electron chi connectivity index (χ0n) is 17.5. The van der Waals surface area contributed by atoms with Gasteiger partial charge in [-0.3, -0.25) is 4.79 Å². The molecule has 1 aliphatic rings. The average Bonchev–Trinajstić information content (AvgIpc) is 3.14. The fourth-order valence-electron chi connectivity index (χ4n) is 3.54. The number of carbonyl (C=O) groups is 1. The molecule has 1 aliphatic heterocycles. The Morgan fingerprint density at radius 2 is 2.13 bits per heavy atom. The summed E-state index contributed by atoms with van der Waals surface area (Å²) in [5, 5.41) is 11.1. The number of amides is 1. The molecule has 4 rings (SSSR count). The van der Waals surface area contributed by atoms with Gasteiger partial charge in [0.25, 0.3) is 5.91 Å². The molecule has 1 saturated heterocycles. The van der Waals surface area contributed by atoms with Crippen LogP contribution in [-0.2, 0) is 11.3 Å². The smallest absolute Gasteiger partial charge is 0.274 e. The number of nitrogens with zero attached hydrogens (tertiary/aromatic N) is 5. The second-order valence-electron chi connectivity index (χ2n) is 7.61. The first-order valence-electron chi connectivity index (χ1n) is 10.1. The van der Waals surface area contributed by atoms with Crippen molar-refractivity contribution in [2.24, 2.45) is 0 Å². The van der Waals surface area contributed by atoms with Crippen molar-refractivity contribution in [2.75, 3.05) is 24.6 Å². The Balaban J connectivity index is 1.39. The van der Waals surface area contributed by atoms with E-state index in [4.69, 9.17) is 4.74 Å². The molecule has 0 aliphatic carbocycles. The quantitative estimate of drug-likeness (QED) is 0.701. The van der Waals surface area contributed by atoms with E-state index in [0.29, 0.717) is 24.5 Å². The number of aromatic nitrogens is 4. The molecule has 8 nitrogen and oxygen atoms in total. The summed E-state index contributed by atoms with van der Waals surface area (Å²) >= 11 is 0. The maximum atomic E-state index is 12.6. The third kappa shape index (κ3) is 4.33. The molecular formula is C22H26N6O2. The Labute approximate surface area is 175 Å². The molecule has 1 unspecified atom stereocenters. The molecule has 1 aromatic carbocycles. The molecule has 1 N–H and O–H groups in total. The highest BCUT2D eigenvalue weighted by Crippen LogP contribution is 2.16. The van der Waals surface area contributed by atoms with Crippen LogP contribution in [0.5, 0.6) is 0 Å². The summed E-state index contributed by atoms with van der Waals surface area (Å²) < 4.78 is 7.26. The number of morpholine rings is 1. The molecule has 1 amide bonds. The van der Waals surface area contributed by atoms with Gasteiger partial charge in [-0.1, -0.05) is 23.4 Å². The Morgan fingerprint density at radius 3 is 2.87 bits per heavy atom. The number of benzene rings is 1. The zero-order chi connectivity index (χ0) is 21.1. The molecule has 0 radical (unpaired) electrons. The molecule has 1 atom stereocenters. The van der Waals surface area contributed by atoms with E-state index in [-0.39, 0.29) is 12.0 Å². The molecule has 30 heavy (non-hydrogen) atoms. The van der Waals surface area contributed by atoms with Crippen molar-refractivity contribution < 1.29 is 9.53 Å². The largest absolute Gasteiger partial charge is 0.375 e. The van der Waals surface area contributed by atoms with E-state index in [9.17, 15) is 4.79 Å². The van der Waals surface area contributed by atoms with Gasteiger partial charge in [0.2, 0.25) is 0 Å². The van der Waals surface area contributed by atoms with Gasteiger partial charge in [-0.2, -0.15) is 0 Å². The van der Waals surface area contributed by atoms with E-state index < -0.39 is 0 Å². The lowest BCUT2D eigenvalue weighted by Crippen LogP contribution is -2.41. The van der Waals surface area contributed by atoms with Gasteiger partial charge >= 0.3 is 0 Å². The van der Waals surface area contributed by atoms with E-state index in [1.54, 1.807) is 10.9 Å². The second kappa shape index (κ2) is 8.62. The molecule has 3 aromatic rings. The predicted molar refractivity (Wildman–Crippen MR) is 114 cm³/mol. The predicted octanol–water partition coefficient (Wildman–Crippen LogP) is 2.43. The summed E-state index contributed by atoms with van der Waals surface area (Å²) in [5.41, 5.74) is 3.96. The number of nitrogens with one attached hydrogen (secondary N) is 1. The van der Waals surface area contributed by atoms with E-state index >= 15 is 0 Å². The summed E-state index contributed by atoms with van der Waals surface area (Å²) in [4.78, 5) is 19.4. The SMILES string of the molecule is Cc1cccc(-n2nnc(C(=O)NCc3ccc(N4CCOC(C)C4)nc3)c2C)c1. The van der Waals surface area contributed by atoms with E-state index in [2.05, 4.69) is 32.4 Å². The number of aryl methyl sites for hydroxylation is 1. The van der Waals surface area contributed by atoms with Crippen molar-refractivity contribution in [3.63, 3.8) is 0 Å². The summed E-state index contributed by atoms with van der Waals surface area (Å²) in [7, 11) is 0. The zero-order valence-corrected chi connectivity index (χ0v) is 17.5. The lowest BCUT2D eigenvalue weighted by molar-refractivity contribution is 0.0529. The highest BCUT2D eigenvalue weighted by molar-refractivity contribution is 5.93. The lowest BCUT2D eigenvalue weighted by atomic mass is 10.2. The molecule has 0 bridgehead atoms. The standard InChI is InChI=1S/C22H26N6O2/c1-15-5-4-6-19(11-15)28-17(3)21(25-26-28)22(29)24-13-18-7-8-20(23-12-18)27-9-10-30-16(2)14-27/h4-8,11-12,16H,9-10,13-14H2,1-3H3,(H,24,29). The topological polar surface area (TPSA) is 85.2 Å². The third-order valence-electron chi connectivity index (χ3n) is 5.18. The van der Waals surface area contributed by atoms with Gasteiger partial charge in [0, 0.05) is 25.8 Å². The summed E-state index contributed by atoms with van der Waals surface area (Å²) in [6.07, 6.45) is 2.00. The van der Waals surface area contributed by atoms with Crippen LogP contribution in [0, 0.1) is 13.8 Å². The van der Waals surface area contributed by atoms with E-state index in [1.165, 1.54) is 0 Å². The van der Waals surface area contributed by atoms with Crippen molar-refractivity contribution in [3.05, 3.63) is 65.1 Å². The normalized spacial score (nSPS) is 16.5. The highest BCUT2D eigenvalue weighted by atomic mass is 16.5. The number of hydrogen-bond donors (Lipinski definition) is 1. The number of rotatable bonds is 5. The van der Waals surface area contributed by atoms with Gasteiger partial charge in [-0.15, -0.1) is 5.10 Å². The minimum atomic E-state index is -0.252. The molecule has 1 fully saturated rings. The van der Waals surface area contributed by atoms with Crippen LogP contribution >= 0.6 is 0 Å². The lowest BCUT2D eigenvalue weighted by Gasteiger charge is -2.32. The minimum absolute atomic E-state index is 0.205. The fraction of sp³-hybridized carbons (Fsp3) is 0.364. The summed E-state index contributed by atoms with van der Waals surface area (Å²) in [6.45, 7) is 8.68. The van der Waals surface area contributed by atoms with Crippen LogP contribution in [0.2, 0.25) is 0 Å². The number of pyridine rings is 1. The first kappa shape index (κ1) is 20.0. The van der Waals surface area contributed by atoms with Crippen molar-refractivity contribution in [2.45, 2.75) is 33.4 Å². The average molecular weight is 406 g/mol. The van der Waals surface area contributed by atoms with Crippen LogP contribution in [0.25, 0.3) is 5.69 Å². The van der Waals surface area contributed by atoms with Gasteiger partial charge in [0.15, 0.2) is 5.69 Å². The Bertz CT molecular complexity index is 1030. The molecule has 8 heteroatoms. The van der Waals surface area contributed by atoms with E-state index in [0.717, 1.165) is 35.7 Å². The number of anilines is 1. The van der Waals surface area contributed by atoms with Crippen LogP contribution in [0.4, 0.5) is 5.82 Å². The van der Waals surface area contributed by atoms with Crippen molar-refractivity contribution in [3.8, 4) is 5.69 Å². The molecule has 3 heterocycles. The van der Waals surface area contributed by atoms with Crippen molar-refractivity contribution >= 4 is 11.7 Å².